The summed E-state index contributed by atoms with van der Waals surface area (Å²) < 4.78 is 1.95. The summed E-state index contributed by atoms with van der Waals surface area (Å²) in [6, 6.07) is 5.84. The molecule has 0 saturated heterocycles. The van der Waals surface area contributed by atoms with E-state index < -0.39 is 0 Å². The lowest BCUT2D eigenvalue weighted by Gasteiger charge is -2.10. The van der Waals surface area contributed by atoms with Gasteiger partial charge in [-0.05, 0) is 26.0 Å². The molecule has 3 aromatic heterocycles. The molecule has 2 N–H and O–H groups in total. The summed E-state index contributed by atoms with van der Waals surface area (Å²) in [5.74, 6) is 1.59. The van der Waals surface area contributed by atoms with E-state index in [9.17, 15) is 0 Å². The van der Waals surface area contributed by atoms with E-state index in [-0.39, 0.29) is 0 Å². The van der Waals surface area contributed by atoms with Crippen LogP contribution in [-0.4, -0.2) is 38.6 Å². The summed E-state index contributed by atoms with van der Waals surface area (Å²) in [5.41, 5.74) is 0.833. The van der Waals surface area contributed by atoms with Gasteiger partial charge in [0, 0.05) is 36.8 Å². The van der Waals surface area contributed by atoms with E-state index in [0.29, 0.717) is 6.54 Å². The number of aromatic nitrogens is 4. The van der Waals surface area contributed by atoms with Crippen LogP contribution in [0.4, 0.5) is 0 Å². The van der Waals surface area contributed by atoms with Crippen LogP contribution < -0.4 is 10.6 Å². The summed E-state index contributed by atoms with van der Waals surface area (Å²) in [6.45, 7) is 6.19. The largest absolute Gasteiger partial charge is 0.357 e. The Hall–Kier alpha value is -2.48. The second kappa shape index (κ2) is 7.87. The molecule has 3 rings (SSSR count). The van der Waals surface area contributed by atoms with Gasteiger partial charge in [0.05, 0.1) is 5.01 Å². The van der Waals surface area contributed by atoms with Gasteiger partial charge in [0.2, 0.25) is 0 Å². The van der Waals surface area contributed by atoms with Crippen molar-refractivity contribution in [2.45, 2.75) is 26.8 Å². The fourth-order valence-corrected chi connectivity index (χ4v) is 3.08. The third kappa shape index (κ3) is 4.08. The van der Waals surface area contributed by atoms with Gasteiger partial charge in [-0.3, -0.25) is 4.40 Å². The van der Waals surface area contributed by atoms with Gasteiger partial charge in [-0.1, -0.05) is 6.07 Å². The highest BCUT2D eigenvalue weighted by Crippen LogP contribution is 2.10. The predicted molar refractivity (Wildman–Crippen MR) is 96.4 cm³/mol. The molecule has 8 heteroatoms. The lowest BCUT2D eigenvalue weighted by molar-refractivity contribution is 0.785. The molecule has 0 atom stereocenters. The molecule has 0 bridgehead atoms. The van der Waals surface area contributed by atoms with E-state index in [2.05, 4.69) is 37.7 Å². The van der Waals surface area contributed by atoms with Crippen LogP contribution in [0.3, 0.4) is 0 Å². The number of guanidine groups is 1. The number of thiazole rings is 1. The number of aliphatic imine (C=N–C) groups is 1. The van der Waals surface area contributed by atoms with Crippen LogP contribution in [0.15, 0.2) is 35.6 Å². The second-order valence-corrected chi connectivity index (χ2v) is 6.60. The first kappa shape index (κ1) is 16.4. The first-order valence-corrected chi connectivity index (χ1v) is 8.80. The Kier molecular flexibility index (Phi) is 5.37. The van der Waals surface area contributed by atoms with Crippen LogP contribution >= 0.6 is 11.3 Å². The van der Waals surface area contributed by atoms with Crippen molar-refractivity contribution in [3.63, 3.8) is 0 Å². The van der Waals surface area contributed by atoms with Gasteiger partial charge in [-0.2, -0.15) is 0 Å². The summed E-state index contributed by atoms with van der Waals surface area (Å²) in [5, 5.41) is 16.1. The van der Waals surface area contributed by atoms with Crippen LogP contribution in [0.1, 0.15) is 22.6 Å². The van der Waals surface area contributed by atoms with E-state index in [4.69, 9.17) is 0 Å². The van der Waals surface area contributed by atoms with Crippen LogP contribution in [0.5, 0.6) is 0 Å². The number of nitrogens with one attached hydrogen (secondary N) is 2. The maximum Gasteiger partial charge on any atom is 0.191 e. The fraction of sp³-hybridized carbons (Fsp3) is 0.375. The van der Waals surface area contributed by atoms with Gasteiger partial charge < -0.3 is 10.6 Å². The highest BCUT2D eigenvalue weighted by Gasteiger charge is 2.05. The molecule has 0 aromatic carbocycles. The van der Waals surface area contributed by atoms with Gasteiger partial charge in [-0.15, -0.1) is 21.5 Å². The number of fused-ring (bicyclic) bond motifs is 1. The molecule has 3 aromatic rings. The summed E-state index contributed by atoms with van der Waals surface area (Å²) in [7, 11) is 0. The molecule has 0 amide bonds. The Morgan fingerprint density at radius 3 is 3.00 bits per heavy atom. The molecule has 24 heavy (non-hydrogen) atoms. The van der Waals surface area contributed by atoms with Crippen molar-refractivity contribution in [2.75, 3.05) is 13.1 Å². The molecule has 0 aliphatic carbocycles. The average Bonchev–Trinajstić information content (AvgIpc) is 3.19. The lowest BCUT2D eigenvalue weighted by Crippen LogP contribution is -2.38. The highest BCUT2D eigenvalue weighted by atomic mass is 32.1. The Morgan fingerprint density at radius 1 is 1.29 bits per heavy atom. The Balaban J connectivity index is 1.60. The number of nitrogens with zero attached hydrogens (tertiary/aromatic N) is 5. The van der Waals surface area contributed by atoms with Crippen molar-refractivity contribution < 1.29 is 0 Å². The number of hydrogen-bond acceptors (Lipinski definition) is 5. The average molecular weight is 343 g/mol. The van der Waals surface area contributed by atoms with E-state index in [1.54, 1.807) is 11.3 Å². The molecular formula is C16H21N7S. The van der Waals surface area contributed by atoms with Gasteiger partial charge in [0.25, 0.3) is 0 Å². The quantitative estimate of drug-likeness (QED) is 0.527. The Morgan fingerprint density at radius 2 is 2.21 bits per heavy atom. The molecule has 0 aliphatic rings. The van der Waals surface area contributed by atoms with Crippen molar-refractivity contribution in [1.82, 2.24) is 30.2 Å². The topological polar surface area (TPSA) is 79.5 Å². The highest BCUT2D eigenvalue weighted by molar-refractivity contribution is 7.11. The Labute approximate surface area is 144 Å². The molecule has 0 radical (unpaired) electrons. The molecule has 0 unspecified atom stereocenters. The second-order valence-electron chi connectivity index (χ2n) is 5.28. The zero-order valence-corrected chi connectivity index (χ0v) is 14.7. The first-order valence-electron chi connectivity index (χ1n) is 7.98. The zero-order valence-electron chi connectivity index (χ0n) is 13.9. The van der Waals surface area contributed by atoms with Gasteiger partial charge in [-0.25, -0.2) is 9.98 Å². The number of hydrogen-bond donors (Lipinski definition) is 2. The van der Waals surface area contributed by atoms with Crippen LogP contribution in [0.2, 0.25) is 0 Å². The van der Waals surface area contributed by atoms with Crippen molar-refractivity contribution in [1.29, 1.82) is 0 Å². The van der Waals surface area contributed by atoms with Gasteiger partial charge in [0.1, 0.15) is 6.54 Å². The molecule has 126 valence electrons. The monoisotopic (exact) mass is 343 g/mol. The lowest BCUT2D eigenvalue weighted by atomic mass is 10.4. The minimum absolute atomic E-state index is 0.469. The molecule has 3 heterocycles. The number of rotatable bonds is 6. The molecule has 0 fully saturated rings. The molecule has 7 nitrogen and oxygen atoms in total. The van der Waals surface area contributed by atoms with Crippen LogP contribution in [0.25, 0.3) is 5.65 Å². The van der Waals surface area contributed by atoms with Crippen molar-refractivity contribution in [3.8, 4) is 0 Å². The Bertz CT molecular complexity index is 821. The van der Waals surface area contributed by atoms with E-state index >= 15 is 0 Å². The van der Waals surface area contributed by atoms with E-state index in [0.717, 1.165) is 41.9 Å². The van der Waals surface area contributed by atoms with Gasteiger partial charge >= 0.3 is 0 Å². The molecular weight excluding hydrogens is 322 g/mol. The van der Waals surface area contributed by atoms with Crippen LogP contribution in [-0.2, 0) is 13.0 Å². The zero-order chi connectivity index (χ0) is 16.8. The van der Waals surface area contributed by atoms with Crippen molar-refractivity contribution >= 4 is 22.9 Å². The standard InChI is InChI=1S/C16H21N7S/c1-3-17-16(18-8-7-15-19-10-12(2)24-15)20-11-14-22-21-13-6-4-5-9-23(13)14/h4-6,9-10H,3,7-8,11H2,1-2H3,(H2,17,18,20). The van der Waals surface area contributed by atoms with Crippen LogP contribution in [0, 0.1) is 6.92 Å². The SMILES string of the molecule is CCNC(=NCc1nnc2ccccn12)NCCc1ncc(C)s1. The molecule has 0 saturated carbocycles. The fourth-order valence-electron chi connectivity index (χ4n) is 2.30. The summed E-state index contributed by atoms with van der Waals surface area (Å²) >= 11 is 1.73. The smallest absolute Gasteiger partial charge is 0.191 e. The minimum Gasteiger partial charge on any atom is -0.357 e. The molecule has 0 spiro atoms. The normalized spacial score (nSPS) is 11.8. The maximum atomic E-state index is 4.60. The summed E-state index contributed by atoms with van der Waals surface area (Å²) in [6.07, 6.45) is 4.75. The maximum absolute atomic E-state index is 4.60. The molecule has 0 aliphatic heterocycles. The number of aryl methyl sites for hydroxylation is 1. The van der Waals surface area contributed by atoms with E-state index in [1.807, 2.05) is 41.9 Å². The van der Waals surface area contributed by atoms with Crippen molar-refractivity contribution in [3.05, 3.63) is 46.3 Å². The summed E-state index contributed by atoms with van der Waals surface area (Å²) in [4.78, 5) is 10.2. The third-order valence-electron chi connectivity index (χ3n) is 3.41. The first-order chi connectivity index (χ1) is 11.8. The minimum atomic E-state index is 0.469. The van der Waals surface area contributed by atoms with E-state index in [1.165, 1.54) is 4.88 Å². The third-order valence-corrected chi connectivity index (χ3v) is 4.38. The van der Waals surface area contributed by atoms with Gasteiger partial charge in [0.15, 0.2) is 17.4 Å². The number of pyridine rings is 1. The van der Waals surface area contributed by atoms with Crippen molar-refractivity contribution in [2.24, 2.45) is 4.99 Å². The predicted octanol–water partition coefficient (Wildman–Crippen LogP) is 1.79.